The molecule has 0 aromatic carbocycles. The summed E-state index contributed by atoms with van der Waals surface area (Å²) in [5.74, 6) is 2.44. The predicted molar refractivity (Wildman–Crippen MR) is 79.0 cm³/mol. The zero-order valence-electron chi connectivity index (χ0n) is 11.9. The maximum Gasteiger partial charge on any atom is 0.139 e. The van der Waals surface area contributed by atoms with E-state index in [0.29, 0.717) is 23.4 Å². The van der Waals surface area contributed by atoms with Crippen LogP contribution < -0.4 is 10.1 Å². The van der Waals surface area contributed by atoms with Gasteiger partial charge in [0.15, 0.2) is 0 Å². The first-order chi connectivity index (χ1) is 9.54. The lowest BCUT2D eigenvalue weighted by Gasteiger charge is -2.04. The highest BCUT2D eigenvalue weighted by atomic mass is 35.5. The van der Waals surface area contributed by atoms with Gasteiger partial charge >= 0.3 is 0 Å². The Morgan fingerprint density at radius 3 is 2.85 bits per heavy atom. The van der Waals surface area contributed by atoms with E-state index in [-0.39, 0.29) is 0 Å². The van der Waals surface area contributed by atoms with Crippen molar-refractivity contribution in [3.63, 3.8) is 0 Å². The summed E-state index contributed by atoms with van der Waals surface area (Å²) in [6.45, 7) is 7.31. The molecule has 0 amide bonds. The molecule has 0 bridgehead atoms. The van der Waals surface area contributed by atoms with Crippen LogP contribution in [0.3, 0.4) is 0 Å². The Morgan fingerprint density at radius 2 is 2.15 bits per heavy atom. The van der Waals surface area contributed by atoms with Crippen molar-refractivity contribution >= 4 is 11.6 Å². The topological polar surface area (TPSA) is 47.3 Å². The molecule has 2 aromatic rings. The first-order valence-electron chi connectivity index (χ1n) is 6.59. The third kappa shape index (κ3) is 4.25. The summed E-state index contributed by atoms with van der Waals surface area (Å²) in [5.41, 5.74) is 1.03. The standard InChI is InChI=1S/C15H19ClN2O2/c1-10(2)18-8-15-4-12(11(3)20-15)9-19-14-5-13(16)6-17-7-14/h4-7,10,18H,8-9H2,1-3H3. The van der Waals surface area contributed by atoms with Gasteiger partial charge in [-0.05, 0) is 13.0 Å². The average Bonchev–Trinajstić information content (AvgIpc) is 2.75. The molecule has 0 atom stereocenters. The molecular formula is C15H19ClN2O2. The largest absolute Gasteiger partial charge is 0.487 e. The number of rotatable bonds is 6. The highest BCUT2D eigenvalue weighted by Gasteiger charge is 2.09. The van der Waals surface area contributed by atoms with Gasteiger partial charge in [-0.3, -0.25) is 4.98 Å². The van der Waals surface area contributed by atoms with Crippen LogP contribution in [0.25, 0.3) is 0 Å². The van der Waals surface area contributed by atoms with Gasteiger partial charge in [0.2, 0.25) is 0 Å². The van der Waals surface area contributed by atoms with E-state index in [9.17, 15) is 0 Å². The normalized spacial score (nSPS) is 11.1. The molecular weight excluding hydrogens is 276 g/mol. The van der Waals surface area contributed by atoms with E-state index < -0.39 is 0 Å². The molecule has 0 aliphatic heterocycles. The maximum absolute atomic E-state index is 5.86. The number of nitrogens with one attached hydrogen (secondary N) is 1. The summed E-state index contributed by atoms with van der Waals surface area (Å²) in [7, 11) is 0. The zero-order chi connectivity index (χ0) is 14.5. The highest BCUT2D eigenvalue weighted by molar-refractivity contribution is 6.30. The van der Waals surface area contributed by atoms with E-state index in [2.05, 4.69) is 24.1 Å². The number of halogens is 1. The summed E-state index contributed by atoms with van der Waals surface area (Å²) < 4.78 is 11.4. The molecule has 2 aromatic heterocycles. The molecule has 0 fully saturated rings. The molecule has 4 nitrogen and oxygen atoms in total. The van der Waals surface area contributed by atoms with Gasteiger partial charge in [0.1, 0.15) is 23.9 Å². The van der Waals surface area contributed by atoms with Crippen LogP contribution in [0, 0.1) is 6.92 Å². The molecule has 20 heavy (non-hydrogen) atoms. The number of aromatic nitrogens is 1. The molecule has 0 saturated carbocycles. The van der Waals surface area contributed by atoms with Crippen molar-refractivity contribution in [2.24, 2.45) is 0 Å². The monoisotopic (exact) mass is 294 g/mol. The highest BCUT2D eigenvalue weighted by Crippen LogP contribution is 2.19. The second kappa shape index (κ2) is 6.77. The number of aryl methyl sites for hydroxylation is 1. The Balaban J connectivity index is 1.96. The Hall–Kier alpha value is -1.52. The lowest BCUT2D eigenvalue weighted by atomic mass is 10.2. The zero-order valence-corrected chi connectivity index (χ0v) is 12.7. The molecule has 0 aliphatic rings. The first kappa shape index (κ1) is 14.9. The van der Waals surface area contributed by atoms with Gasteiger partial charge in [-0.25, -0.2) is 0 Å². The molecule has 0 radical (unpaired) electrons. The predicted octanol–water partition coefficient (Wildman–Crippen LogP) is 3.71. The van der Waals surface area contributed by atoms with E-state index in [0.717, 1.165) is 23.6 Å². The van der Waals surface area contributed by atoms with Crippen LogP contribution in [0.2, 0.25) is 5.02 Å². The Morgan fingerprint density at radius 1 is 1.35 bits per heavy atom. The molecule has 108 valence electrons. The number of hydrogen-bond donors (Lipinski definition) is 1. The SMILES string of the molecule is Cc1oc(CNC(C)C)cc1COc1cncc(Cl)c1. The van der Waals surface area contributed by atoms with Crippen LogP contribution >= 0.6 is 11.6 Å². The van der Waals surface area contributed by atoms with Crippen molar-refractivity contribution < 1.29 is 9.15 Å². The summed E-state index contributed by atoms with van der Waals surface area (Å²) in [6, 6.07) is 4.19. The van der Waals surface area contributed by atoms with E-state index in [4.69, 9.17) is 20.8 Å². The van der Waals surface area contributed by atoms with Crippen molar-refractivity contribution in [2.45, 2.75) is 40.0 Å². The lowest BCUT2D eigenvalue weighted by Crippen LogP contribution is -2.21. The molecule has 5 heteroatoms. The van der Waals surface area contributed by atoms with Gasteiger partial charge in [-0.1, -0.05) is 25.4 Å². The van der Waals surface area contributed by atoms with Gasteiger partial charge in [0.25, 0.3) is 0 Å². The minimum Gasteiger partial charge on any atom is -0.487 e. The van der Waals surface area contributed by atoms with E-state index >= 15 is 0 Å². The Labute approximate surface area is 124 Å². The fourth-order valence-corrected chi connectivity index (χ4v) is 1.92. The second-order valence-electron chi connectivity index (χ2n) is 4.96. The van der Waals surface area contributed by atoms with Crippen LogP contribution in [0.4, 0.5) is 0 Å². The summed E-state index contributed by atoms with van der Waals surface area (Å²) in [4.78, 5) is 3.98. The lowest BCUT2D eigenvalue weighted by molar-refractivity contribution is 0.302. The van der Waals surface area contributed by atoms with Crippen molar-refractivity contribution in [1.29, 1.82) is 0 Å². The van der Waals surface area contributed by atoms with Gasteiger partial charge < -0.3 is 14.5 Å². The smallest absolute Gasteiger partial charge is 0.139 e. The molecule has 1 N–H and O–H groups in total. The van der Waals surface area contributed by atoms with E-state index in [1.165, 1.54) is 0 Å². The summed E-state index contributed by atoms with van der Waals surface area (Å²) >= 11 is 5.86. The minimum atomic E-state index is 0.428. The number of hydrogen-bond acceptors (Lipinski definition) is 4. The van der Waals surface area contributed by atoms with Gasteiger partial charge in [-0.2, -0.15) is 0 Å². The Bertz CT molecular complexity index is 567. The molecule has 0 saturated heterocycles. The maximum atomic E-state index is 5.86. The molecule has 0 aliphatic carbocycles. The minimum absolute atomic E-state index is 0.428. The molecule has 0 unspecified atom stereocenters. The van der Waals surface area contributed by atoms with Crippen LogP contribution in [-0.2, 0) is 13.2 Å². The van der Waals surface area contributed by atoms with Crippen molar-refractivity contribution in [1.82, 2.24) is 10.3 Å². The number of ether oxygens (including phenoxy) is 1. The van der Waals surface area contributed by atoms with Crippen molar-refractivity contribution in [2.75, 3.05) is 0 Å². The summed E-state index contributed by atoms with van der Waals surface area (Å²) in [5, 5.41) is 3.88. The van der Waals surface area contributed by atoms with Gasteiger partial charge in [-0.15, -0.1) is 0 Å². The number of nitrogens with zero attached hydrogens (tertiary/aromatic N) is 1. The van der Waals surface area contributed by atoms with Crippen LogP contribution in [0.5, 0.6) is 5.75 Å². The van der Waals surface area contributed by atoms with Crippen LogP contribution in [-0.4, -0.2) is 11.0 Å². The molecule has 2 heterocycles. The van der Waals surface area contributed by atoms with Crippen molar-refractivity contribution in [3.8, 4) is 5.75 Å². The quantitative estimate of drug-likeness (QED) is 0.882. The second-order valence-corrected chi connectivity index (χ2v) is 5.39. The average molecular weight is 295 g/mol. The van der Waals surface area contributed by atoms with Crippen LogP contribution in [0.15, 0.2) is 28.9 Å². The van der Waals surface area contributed by atoms with E-state index in [1.54, 1.807) is 18.5 Å². The third-order valence-electron chi connectivity index (χ3n) is 2.83. The summed E-state index contributed by atoms with van der Waals surface area (Å²) in [6.07, 6.45) is 3.22. The fourth-order valence-electron chi connectivity index (χ4n) is 1.76. The van der Waals surface area contributed by atoms with Crippen molar-refractivity contribution in [3.05, 3.63) is 46.6 Å². The number of pyridine rings is 1. The Kier molecular flexibility index (Phi) is 5.04. The van der Waals surface area contributed by atoms with E-state index in [1.807, 2.05) is 13.0 Å². The fraction of sp³-hybridized carbons (Fsp3) is 0.400. The number of furan rings is 1. The first-order valence-corrected chi connectivity index (χ1v) is 6.97. The van der Waals surface area contributed by atoms with Gasteiger partial charge in [0, 0.05) is 23.9 Å². The third-order valence-corrected chi connectivity index (χ3v) is 3.04. The molecule has 2 rings (SSSR count). The molecule has 0 spiro atoms. The van der Waals surface area contributed by atoms with Gasteiger partial charge in [0.05, 0.1) is 17.8 Å². The van der Waals surface area contributed by atoms with Crippen LogP contribution in [0.1, 0.15) is 30.9 Å².